The Balaban J connectivity index is 4.82. The van der Waals surface area contributed by atoms with E-state index in [0.717, 1.165) is 0 Å². The van der Waals surface area contributed by atoms with Gasteiger partial charge in [0.25, 0.3) is 5.91 Å². The molecule has 0 aliphatic carbocycles. The standard InChI is InChI=1S/C13H28N6O8/c14-4(3-20)6(21)1-7(22)8(15)9(23)10(24)12(26)19-5(11(16)25)2-18-13(17)27/h4-10,20-24H,1-3,14-15H2,(H2,16,25)(H,19,26)(H3,17,18,27)/t4-,5?,6+,7-,8-,9+,10+/m0/s1. The van der Waals surface area contributed by atoms with Gasteiger partial charge in [0.15, 0.2) is 6.10 Å². The maximum absolute atomic E-state index is 11.9. The van der Waals surface area contributed by atoms with E-state index in [1.165, 1.54) is 0 Å². The van der Waals surface area contributed by atoms with Crippen molar-refractivity contribution in [2.75, 3.05) is 13.2 Å². The molecule has 0 aliphatic heterocycles. The summed E-state index contributed by atoms with van der Waals surface area (Å²) in [6.45, 7) is -1.02. The number of amides is 4. The molecule has 14 nitrogen and oxygen atoms in total. The van der Waals surface area contributed by atoms with E-state index in [1.807, 2.05) is 10.6 Å². The number of hydrogen-bond donors (Lipinski definition) is 11. The summed E-state index contributed by atoms with van der Waals surface area (Å²) >= 11 is 0. The summed E-state index contributed by atoms with van der Waals surface area (Å²) in [7, 11) is 0. The average Bonchev–Trinajstić information content (AvgIpc) is 2.61. The molecule has 0 aromatic rings. The van der Waals surface area contributed by atoms with Crippen LogP contribution in [-0.4, -0.2) is 99.1 Å². The number of aliphatic hydroxyl groups is 5. The molecule has 0 radical (unpaired) electrons. The zero-order chi connectivity index (χ0) is 21.3. The van der Waals surface area contributed by atoms with Crippen LogP contribution in [0.4, 0.5) is 4.79 Å². The highest BCUT2D eigenvalue weighted by Gasteiger charge is 2.35. The summed E-state index contributed by atoms with van der Waals surface area (Å²) in [5, 5.41) is 52.2. The lowest BCUT2D eigenvalue weighted by atomic mass is 9.94. The van der Waals surface area contributed by atoms with Gasteiger partial charge in [0.1, 0.15) is 12.1 Å². The highest BCUT2D eigenvalue weighted by atomic mass is 16.3. The Bertz CT molecular complexity index is 509. The number of primary amides is 2. The molecule has 0 saturated carbocycles. The Morgan fingerprint density at radius 2 is 1.52 bits per heavy atom. The van der Waals surface area contributed by atoms with Crippen LogP contribution in [0.1, 0.15) is 6.42 Å². The van der Waals surface area contributed by atoms with Gasteiger partial charge < -0.3 is 59.1 Å². The van der Waals surface area contributed by atoms with Crippen LogP contribution in [0.5, 0.6) is 0 Å². The molecule has 0 aromatic carbocycles. The van der Waals surface area contributed by atoms with Gasteiger partial charge in [0.2, 0.25) is 5.91 Å². The normalized spacial score (nSPS) is 19.1. The van der Waals surface area contributed by atoms with E-state index in [9.17, 15) is 34.8 Å². The molecule has 0 rings (SSSR count). The molecule has 0 fully saturated rings. The van der Waals surface area contributed by atoms with Crippen LogP contribution in [0.15, 0.2) is 0 Å². The smallest absolute Gasteiger partial charge is 0.312 e. The molecule has 158 valence electrons. The van der Waals surface area contributed by atoms with Crippen LogP contribution in [0, 0.1) is 0 Å². The molecule has 27 heavy (non-hydrogen) atoms. The number of nitrogens with one attached hydrogen (secondary N) is 2. The zero-order valence-corrected chi connectivity index (χ0v) is 14.4. The molecule has 0 spiro atoms. The predicted octanol–water partition coefficient (Wildman–Crippen LogP) is -6.89. The van der Waals surface area contributed by atoms with E-state index in [0.29, 0.717) is 0 Å². The van der Waals surface area contributed by atoms with Crippen LogP contribution in [0.25, 0.3) is 0 Å². The average molecular weight is 396 g/mol. The fraction of sp³-hybridized carbons (Fsp3) is 0.769. The first-order chi connectivity index (χ1) is 12.4. The second kappa shape index (κ2) is 11.6. The Morgan fingerprint density at radius 3 is 1.96 bits per heavy atom. The SMILES string of the molecule is NC(=O)NCC(NC(=O)[C@H](O)[C@H](O)[C@@H](N)[C@@H](O)C[C@@H](O)[C@@H](N)CO)C(N)=O. The van der Waals surface area contributed by atoms with Crippen molar-refractivity contribution in [1.29, 1.82) is 0 Å². The molecule has 1 unspecified atom stereocenters. The summed E-state index contributed by atoms with van der Waals surface area (Å²) in [4.78, 5) is 33.8. The Morgan fingerprint density at radius 1 is 0.963 bits per heavy atom. The summed E-state index contributed by atoms with van der Waals surface area (Å²) in [6, 6.07) is -5.06. The van der Waals surface area contributed by atoms with Gasteiger partial charge in [-0.3, -0.25) is 9.59 Å². The van der Waals surface area contributed by atoms with Crippen molar-refractivity contribution >= 4 is 17.8 Å². The van der Waals surface area contributed by atoms with Crippen molar-refractivity contribution in [3.8, 4) is 0 Å². The van der Waals surface area contributed by atoms with E-state index < -0.39 is 80.0 Å². The highest BCUT2D eigenvalue weighted by molar-refractivity contribution is 5.89. The molecule has 0 aliphatic rings. The molecule has 0 saturated heterocycles. The van der Waals surface area contributed by atoms with E-state index in [1.54, 1.807) is 0 Å². The number of rotatable bonds is 12. The van der Waals surface area contributed by atoms with Gasteiger partial charge in [-0.2, -0.15) is 0 Å². The van der Waals surface area contributed by atoms with Crippen molar-refractivity contribution in [3.05, 3.63) is 0 Å². The quantitative estimate of drug-likeness (QED) is 0.148. The molecule has 15 N–H and O–H groups in total. The van der Waals surface area contributed by atoms with Crippen LogP contribution in [0.2, 0.25) is 0 Å². The monoisotopic (exact) mass is 396 g/mol. The Labute approximate surface area is 154 Å². The molecule has 0 heterocycles. The topological polar surface area (TPSA) is 280 Å². The van der Waals surface area contributed by atoms with Crippen molar-refractivity contribution in [3.63, 3.8) is 0 Å². The molecule has 7 atom stereocenters. The third-order valence-electron chi connectivity index (χ3n) is 3.76. The van der Waals surface area contributed by atoms with Crippen LogP contribution in [0.3, 0.4) is 0 Å². The molecule has 0 aromatic heterocycles. The summed E-state index contributed by atoms with van der Waals surface area (Å²) in [6.07, 6.45) is -7.54. The van der Waals surface area contributed by atoms with Crippen molar-refractivity contribution < 1.29 is 39.9 Å². The third kappa shape index (κ3) is 8.44. The summed E-state index contributed by atoms with van der Waals surface area (Å²) in [5.41, 5.74) is 20.8. The largest absolute Gasteiger partial charge is 0.395 e. The summed E-state index contributed by atoms with van der Waals surface area (Å²) < 4.78 is 0. The minimum Gasteiger partial charge on any atom is -0.395 e. The van der Waals surface area contributed by atoms with E-state index in [2.05, 4.69) is 0 Å². The van der Waals surface area contributed by atoms with Crippen LogP contribution < -0.4 is 33.6 Å². The zero-order valence-electron chi connectivity index (χ0n) is 14.4. The van der Waals surface area contributed by atoms with Crippen LogP contribution in [-0.2, 0) is 9.59 Å². The minimum absolute atomic E-state index is 0.444. The van der Waals surface area contributed by atoms with Crippen molar-refractivity contribution in [1.82, 2.24) is 10.6 Å². The van der Waals surface area contributed by atoms with Gasteiger partial charge in [0.05, 0.1) is 30.9 Å². The minimum atomic E-state index is -2.17. The van der Waals surface area contributed by atoms with Crippen molar-refractivity contribution in [2.24, 2.45) is 22.9 Å². The van der Waals surface area contributed by atoms with Gasteiger partial charge >= 0.3 is 6.03 Å². The predicted molar refractivity (Wildman–Crippen MR) is 90.4 cm³/mol. The summed E-state index contributed by atoms with van der Waals surface area (Å²) in [5.74, 6) is -2.31. The second-order valence-corrected chi connectivity index (χ2v) is 5.94. The first kappa shape index (κ1) is 24.9. The number of carbonyl (C=O) groups excluding carboxylic acids is 3. The van der Waals surface area contributed by atoms with E-state index in [4.69, 9.17) is 28.0 Å². The number of nitrogens with two attached hydrogens (primary N) is 4. The van der Waals surface area contributed by atoms with Gasteiger partial charge in [-0.1, -0.05) is 0 Å². The van der Waals surface area contributed by atoms with Gasteiger partial charge in [-0.25, -0.2) is 4.79 Å². The fourth-order valence-electron chi connectivity index (χ4n) is 1.98. The molecule has 0 bridgehead atoms. The number of carbonyl (C=O) groups is 3. The van der Waals surface area contributed by atoms with Gasteiger partial charge in [-0.05, 0) is 0 Å². The fourth-order valence-corrected chi connectivity index (χ4v) is 1.98. The van der Waals surface area contributed by atoms with Gasteiger partial charge in [0, 0.05) is 13.0 Å². The van der Waals surface area contributed by atoms with Crippen LogP contribution >= 0.6 is 0 Å². The van der Waals surface area contributed by atoms with E-state index in [-0.39, 0.29) is 0 Å². The van der Waals surface area contributed by atoms with E-state index >= 15 is 0 Å². The lowest BCUT2D eigenvalue weighted by Gasteiger charge is -2.29. The maximum atomic E-state index is 11.9. The number of aliphatic hydroxyl groups excluding tert-OH is 5. The Hall–Kier alpha value is -2.07. The maximum Gasteiger partial charge on any atom is 0.312 e. The van der Waals surface area contributed by atoms with Crippen molar-refractivity contribution in [2.45, 2.75) is 49.0 Å². The first-order valence-corrected chi connectivity index (χ1v) is 7.89. The highest BCUT2D eigenvalue weighted by Crippen LogP contribution is 2.10. The molecular weight excluding hydrogens is 368 g/mol. The number of hydrogen-bond acceptors (Lipinski definition) is 10. The van der Waals surface area contributed by atoms with Gasteiger partial charge in [-0.15, -0.1) is 0 Å². The number of urea groups is 1. The lowest BCUT2D eigenvalue weighted by Crippen LogP contribution is -2.59. The Kier molecular flexibility index (Phi) is 10.7. The third-order valence-corrected chi connectivity index (χ3v) is 3.76. The molecule has 4 amide bonds. The molecular formula is C13H28N6O8. The first-order valence-electron chi connectivity index (χ1n) is 7.89. The lowest BCUT2D eigenvalue weighted by molar-refractivity contribution is -0.140. The second-order valence-electron chi connectivity index (χ2n) is 5.94. The molecule has 14 heteroatoms.